The highest BCUT2D eigenvalue weighted by molar-refractivity contribution is 5.66. The number of rotatable bonds is 3. The van der Waals surface area contributed by atoms with Gasteiger partial charge in [-0.05, 0) is 43.5 Å². The van der Waals surface area contributed by atoms with Crippen LogP contribution in [0.15, 0.2) is 36.5 Å². The van der Waals surface area contributed by atoms with E-state index in [2.05, 4.69) is 10.3 Å². The zero-order chi connectivity index (χ0) is 15.0. The fourth-order valence-electron chi connectivity index (χ4n) is 2.26. The van der Waals surface area contributed by atoms with Crippen molar-refractivity contribution in [3.63, 3.8) is 0 Å². The number of hydrogen-bond donors (Lipinski definition) is 1. The number of halogens is 3. The molecule has 0 aliphatic heterocycles. The van der Waals surface area contributed by atoms with Crippen molar-refractivity contribution in [3.8, 4) is 11.3 Å². The van der Waals surface area contributed by atoms with E-state index in [1.807, 2.05) is 13.0 Å². The van der Waals surface area contributed by atoms with Crippen molar-refractivity contribution in [3.05, 3.63) is 47.7 Å². The quantitative estimate of drug-likeness (QED) is 0.890. The molecule has 1 aliphatic rings. The average Bonchev–Trinajstić information content (AvgIpc) is 3.22. The van der Waals surface area contributed by atoms with Crippen LogP contribution in [0.5, 0.6) is 0 Å². The van der Waals surface area contributed by atoms with Gasteiger partial charge in [-0.2, -0.15) is 13.2 Å². The van der Waals surface area contributed by atoms with Gasteiger partial charge in [0.05, 0.1) is 23.1 Å². The first-order chi connectivity index (χ1) is 9.93. The molecule has 0 saturated heterocycles. The highest BCUT2D eigenvalue weighted by atomic mass is 19.4. The third kappa shape index (κ3) is 3.17. The van der Waals surface area contributed by atoms with Crippen LogP contribution in [0, 0.1) is 6.92 Å². The predicted molar refractivity (Wildman–Crippen MR) is 76.1 cm³/mol. The number of alkyl halides is 3. The molecule has 1 aromatic heterocycles. The number of hydrogen-bond acceptors (Lipinski definition) is 2. The van der Waals surface area contributed by atoms with Gasteiger partial charge in [-0.15, -0.1) is 0 Å². The molecule has 21 heavy (non-hydrogen) atoms. The van der Waals surface area contributed by atoms with E-state index in [-0.39, 0.29) is 0 Å². The lowest BCUT2D eigenvalue weighted by atomic mass is 10.0. The van der Waals surface area contributed by atoms with Gasteiger partial charge in [-0.1, -0.05) is 12.1 Å². The van der Waals surface area contributed by atoms with Crippen LogP contribution < -0.4 is 5.32 Å². The molecular weight excluding hydrogens is 277 g/mol. The van der Waals surface area contributed by atoms with Gasteiger partial charge in [0.15, 0.2) is 0 Å². The van der Waals surface area contributed by atoms with Crippen LogP contribution in [0.4, 0.5) is 18.9 Å². The van der Waals surface area contributed by atoms with Gasteiger partial charge in [-0.3, -0.25) is 4.98 Å². The molecule has 0 spiro atoms. The number of nitrogens with one attached hydrogen (secondary N) is 1. The lowest BCUT2D eigenvalue weighted by Crippen LogP contribution is -2.05. The Kier molecular flexibility index (Phi) is 3.35. The first-order valence-electron chi connectivity index (χ1n) is 6.84. The second kappa shape index (κ2) is 5.06. The van der Waals surface area contributed by atoms with Gasteiger partial charge >= 0.3 is 6.18 Å². The van der Waals surface area contributed by atoms with Crippen LogP contribution in [0.25, 0.3) is 11.3 Å². The number of aryl methyl sites for hydroxylation is 1. The minimum Gasteiger partial charge on any atom is -0.381 e. The van der Waals surface area contributed by atoms with Crippen LogP contribution in [-0.2, 0) is 6.18 Å². The molecular formula is C16H15F3N2. The molecule has 0 unspecified atom stereocenters. The number of aromatic nitrogens is 1. The maximum atomic E-state index is 12.8. The van der Waals surface area contributed by atoms with Crippen molar-refractivity contribution in [2.75, 3.05) is 5.32 Å². The van der Waals surface area contributed by atoms with Gasteiger partial charge in [0.25, 0.3) is 0 Å². The maximum Gasteiger partial charge on any atom is 0.416 e. The highest BCUT2D eigenvalue weighted by Gasteiger charge is 2.30. The van der Waals surface area contributed by atoms with E-state index in [0.29, 0.717) is 17.3 Å². The Hall–Kier alpha value is -2.04. The second-order valence-corrected chi connectivity index (χ2v) is 5.39. The fraction of sp³-hybridized carbons (Fsp3) is 0.312. The lowest BCUT2D eigenvalue weighted by molar-refractivity contribution is -0.137. The van der Waals surface area contributed by atoms with E-state index in [9.17, 15) is 13.2 Å². The molecule has 3 rings (SSSR count). The van der Waals surface area contributed by atoms with E-state index in [4.69, 9.17) is 0 Å². The van der Waals surface area contributed by atoms with Gasteiger partial charge in [0, 0.05) is 11.6 Å². The normalized spacial score (nSPS) is 15.0. The van der Waals surface area contributed by atoms with Gasteiger partial charge in [0.2, 0.25) is 0 Å². The highest BCUT2D eigenvalue weighted by Crippen LogP contribution is 2.33. The molecule has 2 aromatic rings. The Bertz CT molecular complexity index is 661. The maximum absolute atomic E-state index is 12.8. The molecule has 1 N–H and O–H groups in total. The summed E-state index contributed by atoms with van der Waals surface area (Å²) in [7, 11) is 0. The van der Waals surface area contributed by atoms with Crippen molar-refractivity contribution in [2.24, 2.45) is 0 Å². The molecule has 0 radical (unpaired) electrons. The standard InChI is InChI=1S/C16H15F3N2/c1-10-7-14(21-13-5-6-13)9-20-15(10)11-3-2-4-12(8-11)16(17,18)19/h2-4,7-9,13,21H,5-6H2,1H3. The summed E-state index contributed by atoms with van der Waals surface area (Å²) in [4.78, 5) is 4.32. The number of pyridine rings is 1. The Morgan fingerprint density at radius 1 is 1.19 bits per heavy atom. The molecule has 2 nitrogen and oxygen atoms in total. The zero-order valence-corrected chi connectivity index (χ0v) is 11.5. The Labute approximate surface area is 121 Å². The van der Waals surface area contributed by atoms with Gasteiger partial charge in [-0.25, -0.2) is 0 Å². The van der Waals surface area contributed by atoms with Crippen molar-refractivity contribution in [1.82, 2.24) is 4.98 Å². The summed E-state index contributed by atoms with van der Waals surface area (Å²) < 4.78 is 38.3. The van der Waals surface area contributed by atoms with Crippen LogP contribution in [-0.4, -0.2) is 11.0 Å². The molecule has 0 bridgehead atoms. The molecule has 1 fully saturated rings. The third-order valence-electron chi connectivity index (χ3n) is 3.49. The minimum atomic E-state index is -4.34. The summed E-state index contributed by atoms with van der Waals surface area (Å²) >= 11 is 0. The van der Waals surface area contributed by atoms with E-state index >= 15 is 0 Å². The third-order valence-corrected chi connectivity index (χ3v) is 3.49. The lowest BCUT2D eigenvalue weighted by Gasteiger charge is -2.11. The SMILES string of the molecule is Cc1cc(NC2CC2)cnc1-c1cccc(C(F)(F)F)c1. The van der Waals surface area contributed by atoms with Crippen molar-refractivity contribution in [2.45, 2.75) is 32.0 Å². The molecule has 1 aromatic carbocycles. The molecule has 1 aliphatic carbocycles. The van der Waals surface area contributed by atoms with E-state index < -0.39 is 11.7 Å². The number of anilines is 1. The molecule has 110 valence electrons. The molecule has 5 heteroatoms. The van der Waals surface area contributed by atoms with Crippen LogP contribution in [0.3, 0.4) is 0 Å². The number of benzene rings is 1. The van der Waals surface area contributed by atoms with Gasteiger partial charge in [0.1, 0.15) is 0 Å². The molecule has 1 saturated carbocycles. The van der Waals surface area contributed by atoms with E-state index in [0.717, 1.165) is 36.2 Å². The predicted octanol–water partition coefficient (Wildman–Crippen LogP) is 4.65. The van der Waals surface area contributed by atoms with Crippen molar-refractivity contribution in [1.29, 1.82) is 0 Å². The van der Waals surface area contributed by atoms with Crippen LogP contribution in [0.1, 0.15) is 24.0 Å². The Morgan fingerprint density at radius 2 is 1.95 bits per heavy atom. The first-order valence-corrected chi connectivity index (χ1v) is 6.84. The second-order valence-electron chi connectivity index (χ2n) is 5.39. The minimum absolute atomic E-state index is 0.486. The summed E-state index contributed by atoms with van der Waals surface area (Å²) in [5.41, 5.74) is 2.20. The summed E-state index contributed by atoms with van der Waals surface area (Å²) in [6, 6.07) is 7.73. The molecule has 0 amide bonds. The summed E-state index contributed by atoms with van der Waals surface area (Å²) in [5.74, 6) is 0. The largest absolute Gasteiger partial charge is 0.416 e. The molecule has 0 atom stereocenters. The van der Waals surface area contributed by atoms with Crippen LogP contribution >= 0.6 is 0 Å². The van der Waals surface area contributed by atoms with Crippen molar-refractivity contribution >= 4 is 5.69 Å². The molecule has 1 heterocycles. The van der Waals surface area contributed by atoms with Crippen molar-refractivity contribution < 1.29 is 13.2 Å². The Morgan fingerprint density at radius 3 is 2.57 bits per heavy atom. The monoisotopic (exact) mass is 292 g/mol. The number of nitrogens with zero attached hydrogens (tertiary/aromatic N) is 1. The summed E-state index contributed by atoms with van der Waals surface area (Å²) in [5, 5.41) is 3.33. The summed E-state index contributed by atoms with van der Waals surface area (Å²) in [6.45, 7) is 1.86. The fourth-order valence-corrected chi connectivity index (χ4v) is 2.26. The van der Waals surface area contributed by atoms with Gasteiger partial charge < -0.3 is 5.32 Å². The van der Waals surface area contributed by atoms with E-state index in [1.54, 1.807) is 12.3 Å². The average molecular weight is 292 g/mol. The summed E-state index contributed by atoms with van der Waals surface area (Å²) in [6.07, 6.45) is -0.332. The smallest absolute Gasteiger partial charge is 0.381 e. The topological polar surface area (TPSA) is 24.9 Å². The van der Waals surface area contributed by atoms with E-state index in [1.165, 1.54) is 6.07 Å². The van der Waals surface area contributed by atoms with Crippen LogP contribution in [0.2, 0.25) is 0 Å². The first kappa shape index (κ1) is 13.9. The Balaban J connectivity index is 1.92. The zero-order valence-electron chi connectivity index (χ0n) is 11.5.